The summed E-state index contributed by atoms with van der Waals surface area (Å²) < 4.78 is 1.75. The van der Waals surface area contributed by atoms with E-state index in [2.05, 4.69) is 115 Å². The van der Waals surface area contributed by atoms with Gasteiger partial charge in [-0.2, -0.15) is 0 Å². The van der Waals surface area contributed by atoms with Crippen LogP contribution in [0.25, 0.3) is 0 Å². The van der Waals surface area contributed by atoms with E-state index >= 15 is 0 Å². The SMILES string of the molecule is CC(C)c1cc(C(C)C)[c]([Sn]([CH3])([CH3])[CH3])c(P(c2ccccc2)c2ccccc2)c1. The molecule has 0 unspecified atom stereocenters. The van der Waals surface area contributed by atoms with E-state index in [-0.39, 0.29) is 0 Å². The van der Waals surface area contributed by atoms with Gasteiger partial charge in [0.05, 0.1) is 0 Å². The average molecular weight is 509 g/mol. The standard InChI is InChI=1S/C24H26P.3CH3.Sn/c1-18(2)20-15-21(19(3)4)17-24(16-20)25(22-11-7-5-8-12-22)23-13-9-6-10-14-23;;;;/h5-16,18-19H,1-4H3;3*1H3;. The van der Waals surface area contributed by atoms with E-state index in [1.54, 1.807) is 14.4 Å². The maximum atomic E-state index is 2.58. The van der Waals surface area contributed by atoms with Crippen molar-refractivity contribution in [3.63, 3.8) is 0 Å². The summed E-state index contributed by atoms with van der Waals surface area (Å²) in [4.78, 5) is 7.74. The topological polar surface area (TPSA) is 0 Å². The maximum absolute atomic E-state index is 2.58. The third kappa shape index (κ3) is 5.15. The van der Waals surface area contributed by atoms with Gasteiger partial charge in [0.15, 0.2) is 0 Å². The fraction of sp³-hybridized carbons (Fsp3) is 0.333. The van der Waals surface area contributed by atoms with Gasteiger partial charge in [0.2, 0.25) is 0 Å². The van der Waals surface area contributed by atoms with Gasteiger partial charge >= 0.3 is 184 Å². The first-order valence-electron chi connectivity index (χ1n) is 10.8. The summed E-state index contributed by atoms with van der Waals surface area (Å²) in [5.41, 5.74) is 3.09. The number of hydrogen-bond acceptors (Lipinski definition) is 0. The molecule has 2 heteroatoms. The third-order valence-corrected chi connectivity index (χ3v) is 14.4. The molecule has 3 rings (SSSR count). The van der Waals surface area contributed by atoms with E-state index in [0.717, 1.165) is 0 Å². The van der Waals surface area contributed by atoms with Crippen molar-refractivity contribution in [2.24, 2.45) is 0 Å². The molecule has 0 aliphatic rings. The van der Waals surface area contributed by atoms with Gasteiger partial charge in [-0.05, 0) is 0 Å². The Morgan fingerprint density at radius 2 is 1.14 bits per heavy atom. The molecule has 0 fully saturated rings. The van der Waals surface area contributed by atoms with E-state index in [1.807, 2.05) is 0 Å². The molecule has 0 saturated carbocycles. The number of rotatable bonds is 6. The van der Waals surface area contributed by atoms with Crippen LogP contribution < -0.4 is 19.5 Å². The Morgan fingerprint density at radius 1 is 0.655 bits per heavy atom. The van der Waals surface area contributed by atoms with Crippen molar-refractivity contribution in [3.05, 3.63) is 83.9 Å². The predicted molar refractivity (Wildman–Crippen MR) is 136 cm³/mol. The molecule has 0 aromatic heterocycles. The molecule has 0 bridgehead atoms. The van der Waals surface area contributed by atoms with Crippen LogP contribution in [0.2, 0.25) is 14.8 Å². The summed E-state index contributed by atoms with van der Waals surface area (Å²) in [5.74, 6) is 1.10. The molecule has 152 valence electrons. The molecule has 0 radical (unpaired) electrons. The molecule has 0 saturated heterocycles. The second-order valence-corrected chi connectivity index (χ2v) is 26.0. The molecule has 3 aromatic rings. The summed E-state index contributed by atoms with van der Waals surface area (Å²) in [7, 11) is -0.561. The van der Waals surface area contributed by atoms with E-state index in [9.17, 15) is 0 Å². The Kier molecular flexibility index (Phi) is 7.28. The second-order valence-electron chi connectivity index (χ2n) is 9.57. The zero-order valence-electron chi connectivity index (χ0n) is 19.0. The normalized spacial score (nSPS) is 12.2. The molecule has 0 atom stereocenters. The molecule has 0 heterocycles. The molecule has 0 N–H and O–H groups in total. The van der Waals surface area contributed by atoms with Crippen LogP contribution in [0.5, 0.6) is 0 Å². The van der Waals surface area contributed by atoms with Crippen LogP contribution in [-0.4, -0.2) is 18.4 Å². The van der Waals surface area contributed by atoms with Crippen LogP contribution in [0.15, 0.2) is 72.8 Å². The molecule has 3 aromatic carbocycles. The predicted octanol–water partition coefficient (Wildman–Crippen LogP) is 6.24. The monoisotopic (exact) mass is 510 g/mol. The van der Waals surface area contributed by atoms with Crippen molar-refractivity contribution in [2.75, 3.05) is 0 Å². The van der Waals surface area contributed by atoms with Crippen LogP contribution >= 0.6 is 7.92 Å². The number of hydrogen-bond donors (Lipinski definition) is 0. The summed E-state index contributed by atoms with van der Waals surface area (Å²) >= 11 is -2.40. The Labute approximate surface area is 183 Å². The molecule has 0 spiro atoms. The molecule has 0 nitrogen and oxygen atoms in total. The Bertz CT molecular complexity index is 898. The van der Waals surface area contributed by atoms with Gasteiger partial charge < -0.3 is 0 Å². The van der Waals surface area contributed by atoms with Crippen molar-refractivity contribution in [1.29, 1.82) is 0 Å². The summed E-state index contributed by atoms with van der Waals surface area (Å²) in [6.45, 7) is 9.41. The van der Waals surface area contributed by atoms with Crippen LogP contribution in [0, 0.1) is 0 Å². The van der Waals surface area contributed by atoms with Gasteiger partial charge in [-0.1, -0.05) is 0 Å². The summed E-state index contributed by atoms with van der Waals surface area (Å²) in [5, 5.41) is 4.54. The van der Waals surface area contributed by atoms with E-state index in [0.29, 0.717) is 11.8 Å². The summed E-state index contributed by atoms with van der Waals surface area (Å²) in [6, 6.07) is 27.5. The first-order chi connectivity index (χ1) is 13.7. The molecule has 0 aliphatic heterocycles. The molecular formula is C27H35PSn. The first-order valence-corrected chi connectivity index (χ1v) is 22.1. The van der Waals surface area contributed by atoms with Crippen molar-refractivity contribution in [2.45, 2.75) is 54.3 Å². The molecular weight excluding hydrogens is 474 g/mol. The van der Waals surface area contributed by atoms with Crippen LogP contribution in [0.1, 0.15) is 50.7 Å². The molecule has 0 amide bonds. The Morgan fingerprint density at radius 3 is 1.52 bits per heavy atom. The van der Waals surface area contributed by atoms with Gasteiger partial charge in [-0.25, -0.2) is 0 Å². The first kappa shape index (κ1) is 22.6. The fourth-order valence-corrected chi connectivity index (χ4v) is 15.6. The summed E-state index contributed by atoms with van der Waals surface area (Å²) in [6.07, 6.45) is 0. The number of benzene rings is 3. The quantitative estimate of drug-likeness (QED) is 0.273. The van der Waals surface area contributed by atoms with E-state index in [4.69, 9.17) is 0 Å². The van der Waals surface area contributed by atoms with Gasteiger partial charge in [0, 0.05) is 0 Å². The fourth-order valence-electron chi connectivity index (χ4n) is 4.03. The zero-order chi connectivity index (χ0) is 21.2. The van der Waals surface area contributed by atoms with Gasteiger partial charge in [-0.3, -0.25) is 0 Å². The van der Waals surface area contributed by atoms with Crippen LogP contribution in [-0.2, 0) is 0 Å². The molecule has 0 aliphatic carbocycles. The van der Waals surface area contributed by atoms with Gasteiger partial charge in [-0.15, -0.1) is 0 Å². The van der Waals surface area contributed by atoms with Crippen LogP contribution in [0.3, 0.4) is 0 Å². The van der Waals surface area contributed by atoms with E-state index in [1.165, 1.54) is 16.2 Å². The minimum absolute atomic E-state index is 0.541. The van der Waals surface area contributed by atoms with Crippen molar-refractivity contribution in [1.82, 2.24) is 0 Å². The van der Waals surface area contributed by atoms with Gasteiger partial charge in [0.1, 0.15) is 0 Å². The van der Waals surface area contributed by atoms with Gasteiger partial charge in [0.25, 0.3) is 0 Å². The Hall–Kier alpha value is -1.11. The van der Waals surface area contributed by atoms with Crippen LogP contribution in [0.4, 0.5) is 0 Å². The third-order valence-electron chi connectivity index (χ3n) is 5.48. The molecule has 29 heavy (non-hydrogen) atoms. The van der Waals surface area contributed by atoms with E-state index < -0.39 is 26.3 Å². The van der Waals surface area contributed by atoms with Crippen molar-refractivity contribution < 1.29 is 0 Å². The van der Waals surface area contributed by atoms with Crippen molar-refractivity contribution >= 4 is 45.8 Å². The minimum atomic E-state index is -2.40. The van der Waals surface area contributed by atoms with Crippen molar-refractivity contribution in [3.8, 4) is 0 Å². The zero-order valence-corrected chi connectivity index (χ0v) is 22.8. The Balaban J connectivity index is 2.40. The second kappa shape index (κ2) is 9.36. The average Bonchev–Trinajstić information content (AvgIpc) is 2.68.